The molecule has 0 spiro atoms. The van der Waals surface area contributed by atoms with E-state index in [1.54, 1.807) is 0 Å². The Hall–Kier alpha value is -1.55. The van der Waals surface area contributed by atoms with Crippen LogP contribution in [0.1, 0.15) is 12.5 Å². The average Bonchev–Trinajstić information content (AvgIpc) is 2.60. The van der Waals surface area contributed by atoms with Crippen molar-refractivity contribution in [2.45, 2.75) is 19.1 Å². The standard InChI is InChI=1S/C12H15NO3/c1-12(9-16-11(14)13-12)8-15-7-10-5-3-2-4-6-10/h2-6H,7-9H2,1H3,(H,13,14)/t12-/m1/s1. The first-order valence-corrected chi connectivity index (χ1v) is 5.25. The van der Waals surface area contributed by atoms with Gasteiger partial charge in [-0.05, 0) is 12.5 Å². The number of cyclic esters (lactones) is 1. The molecule has 1 amide bonds. The van der Waals surface area contributed by atoms with Gasteiger partial charge in [0.2, 0.25) is 0 Å². The lowest BCUT2D eigenvalue weighted by atomic mass is 10.1. The van der Waals surface area contributed by atoms with Crippen molar-refractivity contribution in [1.29, 1.82) is 0 Å². The van der Waals surface area contributed by atoms with Crippen LogP contribution in [-0.2, 0) is 16.1 Å². The minimum Gasteiger partial charge on any atom is -0.447 e. The summed E-state index contributed by atoms with van der Waals surface area (Å²) in [6, 6.07) is 9.93. The Morgan fingerprint density at radius 3 is 2.81 bits per heavy atom. The van der Waals surface area contributed by atoms with Gasteiger partial charge >= 0.3 is 6.09 Å². The molecule has 1 heterocycles. The molecule has 0 radical (unpaired) electrons. The van der Waals surface area contributed by atoms with Crippen LogP contribution in [0.2, 0.25) is 0 Å². The molecule has 1 aromatic carbocycles. The second-order valence-corrected chi connectivity index (χ2v) is 4.24. The van der Waals surface area contributed by atoms with Gasteiger partial charge in [0.1, 0.15) is 6.61 Å². The lowest BCUT2D eigenvalue weighted by Gasteiger charge is -2.20. The van der Waals surface area contributed by atoms with Crippen LogP contribution < -0.4 is 5.32 Å². The zero-order chi connectivity index (χ0) is 11.4. The number of carbonyl (C=O) groups is 1. The zero-order valence-electron chi connectivity index (χ0n) is 9.23. The van der Waals surface area contributed by atoms with E-state index in [9.17, 15) is 4.79 Å². The van der Waals surface area contributed by atoms with Crippen LogP contribution >= 0.6 is 0 Å². The maximum atomic E-state index is 10.9. The van der Waals surface area contributed by atoms with Crippen LogP contribution in [-0.4, -0.2) is 24.8 Å². The Morgan fingerprint density at radius 1 is 1.44 bits per heavy atom. The van der Waals surface area contributed by atoms with Crippen molar-refractivity contribution in [2.75, 3.05) is 13.2 Å². The van der Waals surface area contributed by atoms with Crippen molar-refractivity contribution < 1.29 is 14.3 Å². The molecule has 1 aliphatic heterocycles. The molecule has 0 aromatic heterocycles. The molecule has 0 bridgehead atoms. The van der Waals surface area contributed by atoms with Gasteiger partial charge in [0, 0.05) is 0 Å². The van der Waals surface area contributed by atoms with Crippen molar-refractivity contribution in [3.63, 3.8) is 0 Å². The van der Waals surface area contributed by atoms with E-state index in [0.29, 0.717) is 19.8 Å². The van der Waals surface area contributed by atoms with E-state index in [-0.39, 0.29) is 6.09 Å². The summed E-state index contributed by atoms with van der Waals surface area (Å²) in [5.41, 5.74) is 0.725. The third-order valence-corrected chi connectivity index (χ3v) is 2.46. The van der Waals surface area contributed by atoms with E-state index in [0.717, 1.165) is 5.56 Å². The number of carbonyl (C=O) groups excluding carboxylic acids is 1. The van der Waals surface area contributed by atoms with E-state index in [4.69, 9.17) is 9.47 Å². The van der Waals surface area contributed by atoms with Crippen LogP contribution in [0.25, 0.3) is 0 Å². The summed E-state index contributed by atoms with van der Waals surface area (Å²) in [5, 5.41) is 2.73. The molecule has 1 aliphatic rings. The summed E-state index contributed by atoms with van der Waals surface area (Å²) >= 11 is 0. The summed E-state index contributed by atoms with van der Waals surface area (Å²) < 4.78 is 10.4. The number of ether oxygens (including phenoxy) is 2. The highest BCUT2D eigenvalue weighted by molar-refractivity contribution is 5.70. The fourth-order valence-electron chi connectivity index (χ4n) is 1.59. The van der Waals surface area contributed by atoms with Crippen molar-refractivity contribution in [3.05, 3.63) is 35.9 Å². The largest absolute Gasteiger partial charge is 0.447 e. The van der Waals surface area contributed by atoms with Crippen LogP contribution in [0, 0.1) is 0 Å². The summed E-state index contributed by atoms with van der Waals surface area (Å²) in [6.45, 7) is 3.27. The first-order chi connectivity index (χ1) is 7.68. The number of amides is 1. The number of hydrogen-bond donors (Lipinski definition) is 1. The summed E-state index contributed by atoms with van der Waals surface area (Å²) in [6.07, 6.45) is -0.370. The average molecular weight is 221 g/mol. The van der Waals surface area contributed by atoms with Crippen LogP contribution in [0.5, 0.6) is 0 Å². The van der Waals surface area contributed by atoms with E-state index in [1.807, 2.05) is 37.3 Å². The Morgan fingerprint density at radius 2 is 2.19 bits per heavy atom. The lowest BCUT2D eigenvalue weighted by molar-refractivity contribution is 0.0658. The highest BCUT2D eigenvalue weighted by Gasteiger charge is 2.34. The molecule has 0 saturated carbocycles. The van der Waals surface area contributed by atoms with Gasteiger partial charge in [0.25, 0.3) is 0 Å². The van der Waals surface area contributed by atoms with Crippen LogP contribution in [0.15, 0.2) is 30.3 Å². The summed E-state index contributed by atoms with van der Waals surface area (Å²) in [7, 11) is 0. The van der Waals surface area contributed by atoms with Crippen molar-refractivity contribution in [1.82, 2.24) is 5.32 Å². The van der Waals surface area contributed by atoms with Gasteiger partial charge in [-0.2, -0.15) is 0 Å². The van der Waals surface area contributed by atoms with E-state index < -0.39 is 5.54 Å². The highest BCUT2D eigenvalue weighted by Crippen LogP contribution is 2.13. The number of rotatable bonds is 4. The van der Waals surface area contributed by atoms with Gasteiger partial charge in [-0.1, -0.05) is 30.3 Å². The number of nitrogens with one attached hydrogen (secondary N) is 1. The van der Waals surface area contributed by atoms with Gasteiger partial charge < -0.3 is 14.8 Å². The molecule has 4 nitrogen and oxygen atoms in total. The maximum Gasteiger partial charge on any atom is 0.407 e. The second kappa shape index (κ2) is 4.53. The predicted molar refractivity (Wildman–Crippen MR) is 59.0 cm³/mol. The number of hydrogen-bond acceptors (Lipinski definition) is 3. The maximum absolute atomic E-state index is 10.9. The van der Waals surface area contributed by atoms with Crippen LogP contribution in [0.4, 0.5) is 4.79 Å². The molecule has 4 heteroatoms. The second-order valence-electron chi connectivity index (χ2n) is 4.24. The molecule has 2 rings (SSSR count). The number of benzene rings is 1. The minimum atomic E-state index is -0.397. The van der Waals surface area contributed by atoms with Gasteiger partial charge in [-0.15, -0.1) is 0 Å². The van der Waals surface area contributed by atoms with Crippen molar-refractivity contribution >= 4 is 6.09 Å². The monoisotopic (exact) mass is 221 g/mol. The molecule has 0 unspecified atom stereocenters. The molecule has 1 atom stereocenters. The zero-order valence-corrected chi connectivity index (χ0v) is 9.23. The van der Waals surface area contributed by atoms with E-state index in [2.05, 4.69) is 5.32 Å². The molecule has 1 N–H and O–H groups in total. The SMILES string of the molecule is C[C@@]1(COCc2ccccc2)COC(=O)N1. The third kappa shape index (κ3) is 2.73. The van der Waals surface area contributed by atoms with E-state index >= 15 is 0 Å². The summed E-state index contributed by atoms with van der Waals surface area (Å²) in [5.74, 6) is 0. The first-order valence-electron chi connectivity index (χ1n) is 5.25. The molecule has 16 heavy (non-hydrogen) atoms. The Labute approximate surface area is 94.6 Å². The molecule has 0 aliphatic carbocycles. The molecular formula is C12H15NO3. The normalized spacial score (nSPS) is 23.9. The smallest absolute Gasteiger partial charge is 0.407 e. The fourth-order valence-corrected chi connectivity index (χ4v) is 1.59. The van der Waals surface area contributed by atoms with E-state index in [1.165, 1.54) is 0 Å². The molecule has 1 aromatic rings. The molecule has 86 valence electrons. The Balaban J connectivity index is 1.78. The molecular weight excluding hydrogens is 206 g/mol. The van der Waals surface area contributed by atoms with Crippen LogP contribution in [0.3, 0.4) is 0 Å². The topological polar surface area (TPSA) is 47.6 Å². The van der Waals surface area contributed by atoms with Gasteiger partial charge in [-0.3, -0.25) is 0 Å². The van der Waals surface area contributed by atoms with Gasteiger partial charge in [0.15, 0.2) is 0 Å². The molecule has 1 fully saturated rings. The molecule has 1 saturated heterocycles. The fraction of sp³-hybridized carbons (Fsp3) is 0.417. The summed E-state index contributed by atoms with van der Waals surface area (Å²) in [4.78, 5) is 10.9. The van der Waals surface area contributed by atoms with Gasteiger partial charge in [0.05, 0.1) is 18.8 Å². The first kappa shape index (κ1) is 11.0. The minimum absolute atomic E-state index is 0.362. The number of alkyl carbamates (subject to hydrolysis) is 1. The predicted octanol–water partition coefficient (Wildman–Crippen LogP) is 1.70. The Bertz CT molecular complexity index is 366. The van der Waals surface area contributed by atoms with Gasteiger partial charge in [-0.25, -0.2) is 4.79 Å². The highest BCUT2D eigenvalue weighted by atomic mass is 16.6. The lowest BCUT2D eigenvalue weighted by Crippen LogP contribution is -2.44. The Kier molecular flexibility index (Phi) is 3.10. The third-order valence-electron chi connectivity index (χ3n) is 2.46. The quantitative estimate of drug-likeness (QED) is 0.841. The van der Waals surface area contributed by atoms with Crippen molar-refractivity contribution in [2.24, 2.45) is 0 Å². The van der Waals surface area contributed by atoms with Crippen molar-refractivity contribution in [3.8, 4) is 0 Å².